The molecule has 0 aromatic heterocycles. The van der Waals surface area contributed by atoms with Gasteiger partial charge in [0.25, 0.3) is 0 Å². The third kappa shape index (κ3) is 2.48. The van der Waals surface area contributed by atoms with E-state index in [0.717, 1.165) is 0 Å². The number of benzene rings is 2. The molecule has 0 radical (unpaired) electrons. The molecule has 0 amide bonds. The van der Waals surface area contributed by atoms with Gasteiger partial charge in [-0.1, -0.05) is 34.1 Å². The van der Waals surface area contributed by atoms with Gasteiger partial charge in [0.1, 0.15) is 17.7 Å². The van der Waals surface area contributed by atoms with Crippen molar-refractivity contribution in [1.82, 2.24) is 0 Å². The highest BCUT2D eigenvalue weighted by atomic mass is 79.9. The van der Waals surface area contributed by atoms with Crippen LogP contribution < -0.4 is 0 Å². The molecule has 0 aliphatic carbocycles. The van der Waals surface area contributed by atoms with Crippen molar-refractivity contribution in [3.63, 3.8) is 0 Å². The van der Waals surface area contributed by atoms with Crippen LogP contribution in [0, 0.1) is 11.6 Å². The molecular formula is C13H8Br2F2O. The molecule has 1 nitrogen and oxygen atoms in total. The second-order valence-electron chi connectivity index (χ2n) is 3.68. The van der Waals surface area contributed by atoms with Crippen molar-refractivity contribution in [2.24, 2.45) is 0 Å². The van der Waals surface area contributed by atoms with Crippen LogP contribution in [0.1, 0.15) is 17.2 Å². The Morgan fingerprint density at radius 1 is 0.944 bits per heavy atom. The first-order valence-corrected chi connectivity index (χ1v) is 6.67. The number of rotatable bonds is 2. The van der Waals surface area contributed by atoms with Crippen LogP contribution >= 0.6 is 31.9 Å². The van der Waals surface area contributed by atoms with E-state index in [1.54, 1.807) is 12.1 Å². The fourth-order valence-electron chi connectivity index (χ4n) is 1.66. The van der Waals surface area contributed by atoms with E-state index in [-0.39, 0.29) is 15.6 Å². The van der Waals surface area contributed by atoms with Crippen LogP contribution in [-0.2, 0) is 0 Å². The van der Waals surface area contributed by atoms with Crippen molar-refractivity contribution in [2.75, 3.05) is 0 Å². The Balaban J connectivity index is 2.55. The third-order valence-corrected chi connectivity index (χ3v) is 3.85. The Morgan fingerprint density at radius 3 is 2.22 bits per heavy atom. The summed E-state index contributed by atoms with van der Waals surface area (Å²) in [6, 6.07) is 8.84. The molecule has 18 heavy (non-hydrogen) atoms. The topological polar surface area (TPSA) is 20.2 Å². The molecule has 1 atom stereocenters. The van der Waals surface area contributed by atoms with E-state index >= 15 is 0 Å². The molecule has 2 aromatic carbocycles. The van der Waals surface area contributed by atoms with E-state index < -0.39 is 17.7 Å². The molecule has 94 valence electrons. The zero-order valence-electron chi connectivity index (χ0n) is 9.00. The van der Waals surface area contributed by atoms with Crippen LogP contribution in [-0.4, -0.2) is 5.11 Å². The lowest BCUT2D eigenvalue weighted by Gasteiger charge is -2.15. The number of hydrogen-bond acceptors (Lipinski definition) is 1. The van der Waals surface area contributed by atoms with E-state index in [2.05, 4.69) is 31.9 Å². The number of hydrogen-bond donors (Lipinski definition) is 1. The van der Waals surface area contributed by atoms with Crippen molar-refractivity contribution < 1.29 is 13.9 Å². The smallest absolute Gasteiger partial charge is 0.143 e. The number of aliphatic hydroxyl groups is 1. The highest BCUT2D eigenvalue weighted by Crippen LogP contribution is 2.33. The molecule has 0 spiro atoms. The van der Waals surface area contributed by atoms with Gasteiger partial charge >= 0.3 is 0 Å². The molecule has 0 bridgehead atoms. The molecule has 0 saturated carbocycles. The molecule has 0 aliphatic rings. The molecule has 2 rings (SSSR count). The van der Waals surface area contributed by atoms with Crippen LogP contribution in [0.3, 0.4) is 0 Å². The molecule has 0 aliphatic heterocycles. The van der Waals surface area contributed by atoms with Gasteiger partial charge in [-0.2, -0.15) is 0 Å². The molecule has 0 heterocycles. The van der Waals surface area contributed by atoms with Gasteiger partial charge < -0.3 is 5.11 Å². The van der Waals surface area contributed by atoms with Gasteiger partial charge in [0.2, 0.25) is 0 Å². The fourth-order valence-corrected chi connectivity index (χ4v) is 2.60. The summed E-state index contributed by atoms with van der Waals surface area (Å²) in [7, 11) is 0. The van der Waals surface area contributed by atoms with Gasteiger partial charge in [0.15, 0.2) is 0 Å². The summed E-state index contributed by atoms with van der Waals surface area (Å²) in [4.78, 5) is 0. The van der Waals surface area contributed by atoms with Crippen molar-refractivity contribution in [2.45, 2.75) is 6.10 Å². The van der Waals surface area contributed by atoms with Gasteiger partial charge in [-0.05, 0) is 34.1 Å². The quantitative estimate of drug-likeness (QED) is 0.812. The highest BCUT2D eigenvalue weighted by molar-refractivity contribution is 9.10. The average Bonchev–Trinajstić information content (AvgIpc) is 2.32. The lowest BCUT2D eigenvalue weighted by molar-refractivity contribution is 0.208. The largest absolute Gasteiger partial charge is 0.383 e. The number of halogens is 4. The third-order valence-electron chi connectivity index (χ3n) is 2.55. The molecular weight excluding hydrogens is 370 g/mol. The summed E-state index contributed by atoms with van der Waals surface area (Å²) < 4.78 is 28.2. The summed E-state index contributed by atoms with van der Waals surface area (Å²) in [5.74, 6) is -1.18. The van der Waals surface area contributed by atoms with Gasteiger partial charge in [-0.25, -0.2) is 8.78 Å². The zero-order chi connectivity index (χ0) is 13.3. The van der Waals surface area contributed by atoms with E-state index in [0.29, 0.717) is 4.47 Å². The Bertz CT molecular complexity index is 567. The molecule has 1 unspecified atom stereocenters. The first-order valence-electron chi connectivity index (χ1n) is 5.08. The summed E-state index contributed by atoms with van der Waals surface area (Å²) >= 11 is 6.19. The van der Waals surface area contributed by atoms with Crippen LogP contribution in [0.4, 0.5) is 8.78 Å². The van der Waals surface area contributed by atoms with E-state index in [1.165, 1.54) is 24.3 Å². The van der Waals surface area contributed by atoms with Crippen molar-refractivity contribution in [3.8, 4) is 0 Å². The van der Waals surface area contributed by atoms with Crippen LogP contribution in [0.5, 0.6) is 0 Å². The highest BCUT2D eigenvalue weighted by Gasteiger charge is 2.21. The van der Waals surface area contributed by atoms with E-state index in [1.807, 2.05) is 0 Å². The molecule has 1 N–H and O–H groups in total. The van der Waals surface area contributed by atoms with Crippen molar-refractivity contribution >= 4 is 31.9 Å². The van der Waals surface area contributed by atoms with E-state index in [4.69, 9.17) is 0 Å². The first kappa shape index (κ1) is 13.6. The normalized spacial score (nSPS) is 12.5. The van der Waals surface area contributed by atoms with Gasteiger partial charge in [-0.15, -0.1) is 0 Å². The summed E-state index contributed by atoms with van der Waals surface area (Å²) in [5, 5.41) is 10.1. The number of aliphatic hydroxyl groups excluding tert-OH is 1. The first-order chi connectivity index (χ1) is 8.52. The maximum atomic E-state index is 13.9. The van der Waals surface area contributed by atoms with Gasteiger partial charge in [0, 0.05) is 15.6 Å². The van der Waals surface area contributed by atoms with Crippen LogP contribution in [0.25, 0.3) is 0 Å². The summed E-state index contributed by atoms with van der Waals surface area (Å²) in [5.41, 5.74) is 0.0460. The molecule has 0 saturated heterocycles. The van der Waals surface area contributed by atoms with Crippen LogP contribution in [0.15, 0.2) is 45.3 Å². The second-order valence-corrected chi connectivity index (χ2v) is 5.39. The lowest BCUT2D eigenvalue weighted by atomic mass is 10.0. The Morgan fingerprint density at radius 2 is 1.56 bits per heavy atom. The maximum absolute atomic E-state index is 13.9. The Hall–Kier alpha value is -0.780. The molecule has 5 heteroatoms. The molecule has 0 fully saturated rings. The molecule has 2 aromatic rings. The Labute approximate surface area is 120 Å². The lowest BCUT2D eigenvalue weighted by Crippen LogP contribution is -2.06. The summed E-state index contributed by atoms with van der Waals surface area (Å²) in [6.45, 7) is 0. The zero-order valence-corrected chi connectivity index (χ0v) is 12.2. The standard InChI is InChI=1S/C13H8Br2F2O/c14-8-4-2-6-10(16)11(8)13(18)7-3-1-5-9(15)12(7)17/h1-6,13,18H. The van der Waals surface area contributed by atoms with Crippen molar-refractivity contribution in [1.29, 1.82) is 0 Å². The second kappa shape index (κ2) is 5.47. The van der Waals surface area contributed by atoms with Gasteiger partial charge in [-0.3, -0.25) is 0 Å². The Kier molecular flexibility index (Phi) is 4.14. The SMILES string of the molecule is OC(c1cccc(Br)c1F)c1c(F)cccc1Br. The maximum Gasteiger partial charge on any atom is 0.143 e. The summed E-state index contributed by atoms with van der Waals surface area (Å²) in [6.07, 6.45) is -1.36. The van der Waals surface area contributed by atoms with Crippen LogP contribution in [0.2, 0.25) is 0 Å². The fraction of sp³-hybridized carbons (Fsp3) is 0.0769. The van der Waals surface area contributed by atoms with Crippen molar-refractivity contribution in [3.05, 3.63) is 68.1 Å². The average molecular weight is 378 g/mol. The minimum atomic E-state index is -1.36. The predicted octanol–water partition coefficient (Wildman–Crippen LogP) is 4.57. The minimum Gasteiger partial charge on any atom is -0.383 e. The minimum absolute atomic E-state index is 0.0227. The monoisotopic (exact) mass is 376 g/mol. The predicted molar refractivity (Wildman–Crippen MR) is 72.3 cm³/mol. The van der Waals surface area contributed by atoms with Gasteiger partial charge in [0.05, 0.1) is 4.47 Å². The van der Waals surface area contributed by atoms with E-state index in [9.17, 15) is 13.9 Å².